The molecule has 1 aliphatic rings. The van der Waals surface area contributed by atoms with Crippen LogP contribution >= 0.6 is 12.2 Å². The molecule has 1 aromatic heterocycles. The third-order valence-corrected chi connectivity index (χ3v) is 3.10. The highest BCUT2D eigenvalue weighted by atomic mass is 32.1. The minimum atomic E-state index is 0.0386. The second-order valence-electron chi connectivity index (χ2n) is 4.35. The lowest BCUT2D eigenvalue weighted by Crippen LogP contribution is -2.03. The first kappa shape index (κ1) is 11.1. The summed E-state index contributed by atoms with van der Waals surface area (Å²) in [5.41, 5.74) is 4.68. The van der Waals surface area contributed by atoms with Crippen LogP contribution in [-0.4, -0.2) is 15.9 Å². The van der Waals surface area contributed by atoms with Crippen molar-refractivity contribution < 1.29 is 4.79 Å². The van der Waals surface area contributed by atoms with Crippen molar-refractivity contribution >= 4 is 23.8 Å². The summed E-state index contributed by atoms with van der Waals surface area (Å²) in [5, 5.41) is 2.81. The van der Waals surface area contributed by atoms with Crippen LogP contribution in [0.5, 0.6) is 0 Å². The van der Waals surface area contributed by atoms with Gasteiger partial charge < -0.3 is 10.3 Å². The summed E-state index contributed by atoms with van der Waals surface area (Å²) in [5.74, 6) is 0.0386. The minimum absolute atomic E-state index is 0.0386. The van der Waals surface area contributed by atoms with E-state index in [0.29, 0.717) is 11.2 Å². The molecular formula is C13H11N3OS. The molecule has 90 valence electrons. The van der Waals surface area contributed by atoms with E-state index >= 15 is 0 Å². The molecule has 0 fully saturated rings. The number of carbonyl (C=O) groups is 1. The van der Waals surface area contributed by atoms with Crippen molar-refractivity contribution in [3.05, 3.63) is 40.3 Å². The van der Waals surface area contributed by atoms with Gasteiger partial charge >= 0.3 is 0 Å². The highest BCUT2D eigenvalue weighted by Gasteiger charge is 2.17. The van der Waals surface area contributed by atoms with E-state index in [2.05, 4.69) is 15.3 Å². The summed E-state index contributed by atoms with van der Waals surface area (Å²) < 4.78 is 0.472. The zero-order valence-corrected chi connectivity index (χ0v) is 10.6. The molecule has 0 saturated carbocycles. The number of fused-ring (bicyclic) bond motifs is 1. The number of rotatable bonds is 1. The van der Waals surface area contributed by atoms with Gasteiger partial charge in [0, 0.05) is 16.9 Å². The lowest BCUT2D eigenvalue weighted by molar-refractivity contribution is -0.115. The number of carbonyl (C=O) groups excluding carboxylic acids is 1. The molecule has 0 spiro atoms. The Balaban J connectivity index is 2.10. The Morgan fingerprint density at radius 2 is 2.17 bits per heavy atom. The summed E-state index contributed by atoms with van der Waals surface area (Å²) in [6, 6.07) is 7.79. The number of hydrogen-bond donors (Lipinski definition) is 2. The van der Waals surface area contributed by atoms with Crippen LogP contribution in [0, 0.1) is 11.7 Å². The largest absolute Gasteiger partial charge is 0.335 e. The fourth-order valence-electron chi connectivity index (χ4n) is 2.12. The molecule has 0 saturated heterocycles. The highest BCUT2D eigenvalue weighted by Crippen LogP contribution is 2.28. The Labute approximate surface area is 109 Å². The molecule has 2 heterocycles. The van der Waals surface area contributed by atoms with Gasteiger partial charge in [-0.3, -0.25) is 4.79 Å². The van der Waals surface area contributed by atoms with Gasteiger partial charge in [-0.15, -0.1) is 0 Å². The predicted molar refractivity (Wildman–Crippen MR) is 71.9 cm³/mol. The maximum absolute atomic E-state index is 11.3. The standard InChI is InChI=1S/C13H11N3OS/c1-7-4-11(16-13(18)14-7)8-2-3-10-9(5-8)6-12(17)15-10/h2-5H,6H2,1H3,(H,15,17)(H,14,16,18). The van der Waals surface area contributed by atoms with Gasteiger partial charge in [-0.25, -0.2) is 4.98 Å². The van der Waals surface area contributed by atoms with Gasteiger partial charge in [0.15, 0.2) is 4.77 Å². The molecule has 4 nitrogen and oxygen atoms in total. The second-order valence-corrected chi connectivity index (χ2v) is 4.74. The highest BCUT2D eigenvalue weighted by molar-refractivity contribution is 7.71. The molecule has 0 unspecified atom stereocenters. The maximum Gasteiger partial charge on any atom is 0.228 e. The lowest BCUT2D eigenvalue weighted by atomic mass is 10.1. The number of aryl methyl sites for hydroxylation is 1. The van der Waals surface area contributed by atoms with E-state index in [-0.39, 0.29) is 5.91 Å². The Kier molecular flexibility index (Phi) is 2.48. The number of aromatic amines is 1. The Bertz CT molecular complexity index is 706. The van der Waals surface area contributed by atoms with E-state index in [1.54, 1.807) is 0 Å². The summed E-state index contributed by atoms with van der Waals surface area (Å²) in [6.07, 6.45) is 0.432. The normalized spacial score (nSPS) is 13.3. The number of anilines is 1. The molecule has 1 aliphatic heterocycles. The first-order valence-electron chi connectivity index (χ1n) is 5.63. The predicted octanol–water partition coefficient (Wildman–Crippen LogP) is 2.61. The zero-order chi connectivity index (χ0) is 12.7. The molecule has 1 aromatic carbocycles. The van der Waals surface area contributed by atoms with Gasteiger partial charge in [0.05, 0.1) is 12.1 Å². The fraction of sp³-hybridized carbons (Fsp3) is 0.154. The van der Waals surface area contributed by atoms with Gasteiger partial charge in [-0.05, 0) is 42.9 Å². The van der Waals surface area contributed by atoms with Crippen molar-refractivity contribution in [2.75, 3.05) is 5.32 Å². The van der Waals surface area contributed by atoms with Crippen molar-refractivity contribution in [2.24, 2.45) is 0 Å². The van der Waals surface area contributed by atoms with Gasteiger partial charge in [0.25, 0.3) is 0 Å². The zero-order valence-electron chi connectivity index (χ0n) is 9.78. The Morgan fingerprint density at radius 3 is 2.94 bits per heavy atom. The third kappa shape index (κ3) is 1.93. The Hall–Kier alpha value is -2.01. The molecule has 18 heavy (non-hydrogen) atoms. The first-order chi connectivity index (χ1) is 8.61. The smallest absolute Gasteiger partial charge is 0.228 e. The van der Waals surface area contributed by atoms with Crippen LogP contribution in [0.4, 0.5) is 5.69 Å². The number of H-pyrrole nitrogens is 1. The summed E-state index contributed by atoms with van der Waals surface area (Å²) in [7, 11) is 0. The van der Waals surface area contributed by atoms with E-state index in [4.69, 9.17) is 12.2 Å². The van der Waals surface area contributed by atoms with Crippen LogP contribution in [-0.2, 0) is 11.2 Å². The molecule has 3 rings (SSSR count). The molecule has 0 aliphatic carbocycles. The average Bonchev–Trinajstić information content (AvgIpc) is 2.66. The molecular weight excluding hydrogens is 246 g/mol. The molecule has 0 bridgehead atoms. The summed E-state index contributed by atoms with van der Waals surface area (Å²) in [4.78, 5) is 18.6. The van der Waals surface area contributed by atoms with Crippen LogP contribution in [0.3, 0.4) is 0 Å². The monoisotopic (exact) mass is 257 g/mol. The summed E-state index contributed by atoms with van der Waals surface area (Å²) >= 11 is 5.07. The molecule has 0 radical (unpaired) electrons. The molecule has 2 N–H and O–H groups in total. The van der Waals surface area contributed by atoms with Crippen molar-refractivity contribution in [1.29, 1.82) is 0 Å². The van der Waals surface area contributed by atoms with Crippen LogP contribution in [0.15, 0.2) is 24.3 Å². The average molecular weight is 257 g/mol. The van der Waals surface area contributed by atoms with Crippen LogP contribution in [0.25, 0.3) is 11.3 Å². The van der Waals surface area contributed by atoms with E-state index < -0.39 is 0 Å². The molecule has 1 amide bonds. The first-order valence-corrected chi connectivity index (χ1v) is 6.04. The Morgan fingerprint density at radius 1 is 1.33 bits per heavy atom. The van der Waals surface area contributed by atoms with Crippen molar-refractivity contribution in [3.63, 3.8) is 0 Å². The second kappa shape index (κ2) is 4.03. The molecule has 5 heteroatoms. The topological polar surface area (TPSA) is 57.8 Å². The lowest BCUT2D eigenvalue weighted by Gasteiger charge is -2.04. The number of amides is 1. The number of nitrogens with one attached hydrogen (secondary N) is 2. The number of nitrogens with zero attached hydrogens (tertiary/aromatic N) is 1. The molecule has 0 atom stereocenters. The third-order valence-electron chi connectivity index (χ3n) is 2.91. The maximum atomic E-state index is 11.3. The summed E-state index contributed by atoms with van der Waals surface area (Å²) in [6.45, 7) is 1.94. The van der Waals surface area contributed by atoms with E-state index in [1.165, 1.54) is 0 Å². The number of hydrogen-bond acceptors (Lipinski definition) is 3. The van der Waals surface area contributed by atoms with Gasteiger partial charge in [0.1, 0.15) is 0 Å². The van der Waals surface area contributed by atoms with Crippen molar-refractivity contribution in [2.45, 2.75) is 13.3 Å². The molecule has 2 aromatic rings. The van der Waals surface area contributed by atoms with E-state index in [0.717, 1.165) is 28.2 Å². The van der Waals surface area contributed by atoms with Crippen molar-refractivity contribution in [3.8, 4) is 11.3 Å². The van der Waals surface area contributed by atoms with Gasteiger partial charge in [-0.2, -0.15) is 0 Å². The van der Waals surface area contributed by atoms with Crippen molar-refractivity contribution in [1.82, 2.24) is 9.97 Å². The van der Waals surface area contributed by atoms with Gasteiger partial charge in [0.2, 0.25) is 5.91 Å². The SMILES string of the molecule is Cc1cc(-c2ccc3c(c2)CC(=O)N3)nc(=S)[nH]1. The van der Waals surface area contributed by atoms with Crippen LogP contribution in [0.1, 0.15) is 11.3 Å². The quantitative estimate of drug-likeness (QED) is 0.772. The van der Waals surface area contributed by atoms with E-state index in [9.17, 15) is 4.79 Å². The van der Waals surface area contributed by atoms with Gasteiger partial charge in [-0.1, -0.05) is 6.07 Å². The van der Waals surface area contributed by atoms with E-state index in [1.807, 2.05) is 31.2 Å². The minimum Gasteiger partial charge on any atom is -0.335 e. The van der Waals surface area contributed by atoms with Crippen LogP contribution in [0.2, 0.25) is 0 Å². The number of benzene rings is 1. The fourth-order valence-corrected chi connectivity index (χ4v) is 2.38. The number of aromatic nitrogens is 2. The van der Waals surface area contributed by atoms with Crippen LogP contribution < -0.4 is 5.32 Å².